The predicted molar refractivity (Wildman–Crippen MR) is 120 cm³/mol. The highest BCUT2D eigenvalue weighted by atomic mass is 16.5. The Morgan fingerprint density at radius 3 is 2.93 bits per heavy atom. The molecule has 1 amide bonds. The fourth-order valence-corrected chi connectivity index (χ4v) is 5.78. The van der Waals surface area contributed by atoms with E-state index < -0.39 is 0 Å². The van der Waals surface area contributed by atoms with Crippen molar-refractivity contribution in [1.82, 2.24) is 9.88 Å². The van der Waals surface area contributed by atoms with Crippen molar-refractivity contribution < 1.29 is 9.53 Å². The van der Waals surface area contributed by atoms with Crippen molar-refractivity contribution in [2.45, 2.75) is 44.4 Å². The molecular formula is C26H30N2O2. The molecule has 0 bridgehead atoms. The van der Waals surface area contributed by atoms with Crippen LogP contribution in [-0.2, 0) is 23.1 Å². The number of aromatic nitrogens is 1. The summed E-state index contributed by atoms with van der Waals surface area (Å²) in [5, 5.41) is 1.34. The van der Waals surface area contributed by atoms with Gasteiger partial charge in [0.15, 0.2) is 0 Å². The van der Waals surface area contributed by atoms with Gasteiger partial charge in [-0.3, -0.25) is 4.79 Å². The second-order valence-electron chi connectivity index (χ2n) is 8.93. The van der Waals surface area contributed by atoms with E-state index in [0.29, 0.717) is 18.2 Å². The highest BCUT2D eigenvalue weighted by Crippen LogP contribution is 2.49. The van der Waals surface area contributed by atoms with Crippen molar-refractivity contribution in [3.8, 4) is 5.75 Å². The minimum absolute atomic E-state index is 0.0331. The number of benzene rings is 2. The van der Waals surface area contributed by atoms with Gasteiger partial charge in [-0.25, -0.2) is 0 Å². The van der Waals surface area contributed by atoms with Gasteiger partial charge >= 0.3 is 0 Å². The summed E-state index contributed by atoms with van der Waals surface area (Å²) in [6.07, 6.45) is 4.55. The van der Waals surface area contributed by atoms with Crippen LogP contribution in [-0.4, -0.2) is 36.0 Å². The quantitative estimate of drug-likeness (QED) is 0.677. The third-order valence-corrected chi connectivity index (χ3v) is 7.36. The molecule has 4 heteroatoms. The van der Waals surface area contributed by atoms with Crippen LogP contribution in [0.25, 0.3) is 10.9 Å². The molecule has 156 valence electrons. The number of carbonyl (C=O) groups excluding carboxylic acids is 1. The number of rotatable bonds is 4. The van der Waals surface area contributed by atoms with E-state index in [1.807, 2.05) is 6.07 Å². The Balaban J connectivity index is 1.60. The molecule has 5 rings (SSSR count). The molecular weight excluding hydrogens is 372 g/mol. The van der Waals surface area contributed by atoms with E-state index in [1.54, 1.807) is 7.11 Å². The van der Waals surface area contributed by atoms with E-state index >= 15 is 0 Å². The van der Waals surface area contributed by atoms with Crippen LogP contribution < -0.4 is 4.74 Å². The number of H-pyrrole nitrogens is 1. The summed E-state index contributed by atoms with van der Waals surface area (Å²) in [4.78, 5) is 18.6. The predicted octanol–water partition coefficient (Wildman–Crippen LogP) is 4.86. The number of carbonyl (C=O) groups is 1. The first kappa shape index (κ1) is 19.2. The molecule has 0 saturated carbocycles. The van der Waals surface area contributed by atoms with Crippen LogP contribution in [0, 0.1) is 5.92 Å². The lowest BCUT2D eigenvalue weighted by Crippen LogP contribution is -2.55. The molecule has 0 spiro atoms. The molecule has 2 heterocycles. The van der Waals surface area contributed by atoms with E-state index in [-0.39, 0.29) is 5.41 Å². The Morgan fingerprint density at radius 2 is 2.10 bits per heavy atom. The van der Waals surface area contributed by atoms with Crippen molar-refractivity contribution in [3.63, 3.8) is 0 Å². The number of hydrogen-bond donors (Lipinski definition) is 1. The SMILES string of the molecule is CCCC(=O)N1CC[C@]2(c3cccc(OC)c3)Cc3[nH]c4ccccc4c3CC2C1. The number of nitrogens with one attached hydrogen (secondary N) is 1. The van der Waals surface area contributed by atoms with Crippen LogP contribution >= 0.6 is 0 Å². The minimum Gasteiger partial charge on any atom is -0.497 e. The number of hydrogen-bond acceptors (Lipinski definition) is 2. The van der Waals surface area contributed by atoms with Crippen LogP contribution in [0.1, 0.15) is 43.0 Å². The van der Waals surface area contributed by atoms with Gasteiger partial charge < -0.3 is 14.6 Å². The van der Waals surface area contributed by atoms with Crippen molar-refractivity contribution in [1.29, 1.82) is 0 Å². The van der Waals surface area contributed by atoms with Gasteiger partial charge in [0.1, 0.15) is 5.75 Å². The van der Waals surface area contributed by atoms with Crippen molar-refractivity contribution in [2.75, 3.05) is 20.2 Å². The maximum Gasteiger partial charge on any atom is 0.222 e. The second-order valence-corrected chi connectivity index (χ2v) is 8.93. The molecule has 1 aliphatic carbocycles. The lowest BCUT2D eigenvalue weighted by molar-refractivity contribution is -0.134. The number of ether oxygens (including phenoxy) is 1. The molecule has 1 N–H and O–H groups in total. The summed E-state index contributed by atoms with van der Waals surface area (Å²) in [5.41, 5.74) is 5.41. The van der Waals surface area contributed by atoms with Gasteiger partial charge in [0.2, 0.25) is 5.91 Å². The number of piperidine rings is 1. The van der Waals surface area contributed by atoms with Gasteiger partial charge in [-0.05, 0) is 60.9 Å². The lowest BCUT2D eigenvalue weighted by Gasteiger charge is -2.51. The number of amides is 1. The molecule has 1 saturated heterocycles. The third kappa shape index (κ3) is 3.01. The number of likely N-dealkylation sites (tertiary alicyclic amines) is 1. The fourth-order valence-electron chi connectivity index (χ4n) is 5.78. The zero-order valence-corrected chi connectivity index (χ0v) is 17.9. The van der Waals surface area contributed by atoms with Gasteiger partial charge in [0, 0.05) is 41.5 Å². The van der Waals surface area contributed by atoms with Crippen LogP contribution in [0.4, 0.5) is 0 Å². The number of aromatic amines is 1. The lowest BCUT2D eigenvalue weighted by atomic mass is 9.58. The first-order chi connectivity index (χ1) is 14.6. The van der Waals surface area contributed by atoms with Crippen molar-refractivity contribution in [3.05, 3.63) is 65.4 Å². The van der Waals surface area contributed by atoms with E-state index in [0.717, 1.165) is 44.5 Å². The first-order valence-corrected chi connectivity index (χ1v) is 11.2. The third-order valence-electron chi connectivity index (χ3n) is 7.36. The van der Waals surface area contributed by atoms with Crippen LogP contribution in [0.15, 0.2) is 48.5 Å². The van der Waals surface area contributed by atoms with E-state index in [9.17, 15) is 4.79 Å². The summed E-state index contributed by atoms with van der Waals surface area (Å²) >= 11 is 0. The Kier molecular flexibility index (Phi) is 4.80. The molecule has 1 aromatic heterocycles. The summed E-state index contributed by atoms with van der Waals surface area (Å²) in [6, 6.07) is 17.2. The standard InChI is InChI=1S/C26H30N2O2/c1-3-7-25(29)28-13-12-26(18-8-6-9-20(14-18)30-2)16-24-22(15-19(26)17-28)21-10-4-5-11-23(21)27-24/h4-6,8-11,14,19,27H,3,7,12-13,15-17H2,1-2H3/t19?,26-/m1/s1. The van der Waals surface area contributed by atoms with Gasteiger partial charge in [-0.2, -0.15) is 0 Å². The van der Waals surface area contributed by atoms with Gasteiger partial charge in [0.05, 0.1) is 7.11 Å². The van der Waals surface area contributed by atoms with E-state index in [4.69, 9.17) is 4.74 Å². The first-order valence-electron chi connectivity index (χ1n) is 11.2. The zero-order chi connectivity index (χ0) is 20.7. The molecule has 0 radical (unpaired) electrons. The highest BCUT2D eigenvalue weighted by molar-refractivity contribution is 5.85. The Labute approximate surface area is 178 Å². The fraction of sp³-hybridized carbons (Fsp3) is 0.423. The number of fused-ring (bicyclic) bond motifs is 4. The molecule has 2 atom stereocenters. The average molecular weight is 403 g/mol. The minimum atomic E-state index is 0.0331. The highest BCUT2D eigenvalue weighted by Gasteiger charge is 2.48. The van der Waals surface area contributed by atoms with E-state index in [1.165, 1.54) is 27.7 Å². The Bertz CT molecular complexity index is 1090. The molecule has 3 aromatic rings. The summed E-state index contributed by atoms with van der Waals surface area (Å²) in [7, 11) is 1.73. The maximum absolute atomic E-state index is 12.7. The molecule has 1 fully saturated rings. The number of methoxy groups -OCH3 is 1. The van der Waals surface area contributed by atoms with E-state index in [2.05, 4.69) is 59.3 Å². The molecule has 30 heavy (non-hydrogen) atoms. The molecule has 4 nitrogen and oxygen atoms in total. The Morgan fingerprint density at radius 1 is 1.23 bits per heavy atom. The molecule has 1 unspecified atom stereocenters. The second kappa shape index (κ2) is 7.50. The number of para-hydroxylation sites is 1. The number of nitrogens with zero attached hydrogens (tertiary/aromatic N) is 1. The zero-order valence-electron chi connectivity index (χ0n) is 17.9. The van der Waals surface area contributed by atoms with Crippen molar-refractivity contribution in [2.24, 2.45) is 5.92 Å². The van der Waals surface area contributed by atoms with Gasteiger partial charge in [-0.1, -0.05) is 37.3 Å². The van der Waals surface area contributed by atoms with Gasteiger partial charge in [-0.15, -0.1) is 0 Å². The van der Waals surface area contributed by atoms with Crippen LogP contribution in [0.3, 0.4) is 0 Å². The monoisotopic (exact) mass is 402 g/mol. The summed E-state index contributed by atoms with van der Waals surface area (Å²) in [5.74, 6) is 1.62. The molecule has 1 aliphatic heterocycles. The summed E-state index contributed by atoms with van der Waals surface area (Å²) < 4.78 is 5.56. The normalized spacial score (nSPS) is 23.1. The molecule has 2 aliphatic rings. The largest absolute Gasteiger partial charge is 0.497 e. The maximum atomic E-state index is 12.7. The van der Waals surface area contributed by atoms with Crippen LogP contribution in [0.5, 0.6) is 5.75 Å². The topological polar surface area (TPSA) is 45.3 Å². The Hall–Kier alpha value is -2.75. The summed E-state index contributed by atoms with van der Waals surface area (Å²) in [6.45, 7) is 3.76. The van der Waals surface area contributed by atoms with Gasteiger partial charge in [0.25, 0.3) is 0 Å². The van der Waals surface area contributed by atoms with Crippen LogP contribution in [0.2, 0.25) is 0 Å². The molecule has 2 aromatic carbocycles. The smallest absolute Gasteiger partial charge is 0.222 e. The average Bonchev–Trinajstić information content (AvgIpc) is 3.14. The van der Waals surface area contributed by atoms with Crippen molar-refractivity contribution >= 4 is 16.8 Å².